The van der Waals surface area contributed by atoms with E-state index in [0.29, 0.717) is 0 Å². The molecule has 0 aromatic carbocycles. The topological polar surface area (TPSA) is 50.7 Å². The highest BCUT2D eigenvalue weighted by molar-refractivity contribution is 8.01. The van der Waals surface area contributed by atoms with Gasteiger partial charge in [-0.15, -0.1) is 11.3 Å². The van der Waals surface area contributed by atoms with E-state index < -0.39 is 0 Å². The first-order valence-electron chi connectivity index (χ1n) is 6.62. The molecular weight excluding hydrogens is 288 g/mol. The van der Waals surface area contributed by atoms with Crippen LogP contribution in [0.15, 0.2) is 20.8 Å². The fourth-order valence-electron chi connectivity index (χ4n) is 1.55. The van der Waals surface area contributed by atoms with Gasteiger partial charge in [0.2, 0.25) is 0 Å². The lowest BCUT2D eigenvalue weighted by Crippen LogP contribution is -2.17. The van der Waals surface area contributed by atoms with Gasteiger partial charge in [0.05, 0.1) is 0 Å². The Balaban J connectivity index is 2.33. The first-order valence-corrected chi connectivity index (χ1v) is 8.31. The van der Waals surface area contributed by atoms with E-state index in [1.54, 1.807) is 23.1 Å². The molecular formula is C14H20N4S2. The molecule has 0 saturated carbocycles. The van der Waals surface area contributed by atoms with Gasteiger partial charge < -0.3 is 5.32 Å². The SMILES string of the molecule is CCNc1cc(Sc2nc(C)cs2)nc(C(C)(C)C)n1. The van der Waals surface area contributed by atoms with E-state index in [1.165, 1.54) is 0 Å². The first-order chi connectivity index (χ1) is 9.38. The molecule has 6 heteroatoms. The van der Waals surface area contributed by atoms with E-state index >= 15 is 0 Å². The van der Waals surface area contributed by atoms with E-state index in [1.807, 2.05) is 13.0 Å². The van der Waals surface area contributed by atoms with E-state index in [0.717, 1.165) is 33.2 Å². The molecule has 1 N–H and O–H groups in total. The van der Waals surface area contributed by atoms with E-state index in [2.05, 4.69) is 53.3 Å². The smallest absolute Gasteiger partial charge is 0.156 e. The Kier molecular flexibility index (Phi) is 4.65. The van der Waals surface area contributed by atoms with Crippen LogP contribution in [0.5, 0.6) is 0 Å². The normalized spacial score (nSPS) is 11.7. The van der Waals surface area contributed by atoms with Crippen LogP contribution in [0.25, 0.3) is 0 Å². The zero-order valence-corrected chi connectivity index (χ0v) is 14.2. The fourth-order valence-corrected chi connectivity index (χ4v) is 3.34. The fraction of sp³-hybridized carbons (Fsp3) is 0.500. The summed E-state index contributed by atoms with van der Waals surface area (Å²) in [6, 6.07) is 1.99. The molecule has 4 nitrogen and oxygen atoms in total. The maximum Gasteiger partial charge on any atom is 0.156 e. The molecule has 2 aromatic rings. The minimum atomic E-state index is -0.0699. The molecule has 0 spiro atoms. The van der Waals surface area contributed by atoms with Crippen molar-refractivity contribution in [3.05, 3.63) is 23.0 Å². The number of rotatable bonds is 4. The maximum absolute atomic E-state index is 4.67. The number of aromatic nitrogens is 3. The predicted octanol–water partition coefficient (Wildman–Crippen LogP) is 4.12. The quantitative estimate of drug-likeness (QED) is 0.861. The summed E-state index contributed by atoms with van der Waals surface area (Å²) in [5.41, 5.74) is 0.981. The summed E-state index contributed by atoms with van der Waals surface area (Å²) in [6.07, 6.45) is 0. The standard InChI is InChI=1S/C14H20N4S2/c1-6-15-10-7-11(18-12(17-10)14(3,4)5)20-13-16-9(2)8-19-13/h7-8H,6H2,1-5H3,(H,15,17,18). The number of nitrogens with zero attached hydrogens (tertiary/aromatic N) is 3. The van der Waals surface area contributed by atoms with Gasteiger partial charge in [0.1, 0.15) is 16.7 Å². The Bertz CT molecular complexity index is 587. The Labute approximate surface area is 128 Å². The summed E-state index contributed by atoms with van der Waals surface area (Å²) < 4.78 is 1.02. The van der Waals surface area contributed by atoms with E-state index in [-0.39, 0.29) is 5.41 Å². The minimum absolute atomic E-state index is 0.0699. The van der Waals surface area contributed by atoms with Crippen molar-refractivity contribution < 1.29 is 0 Å². The van der Waals surface area contributed by atoms with Crippen LogP contribution in [0.1, 0.15) is 39.2 Å². The molecule has 0 saturated heterocycles. The second-order valence-electron chi connectivity index (χ2n) is 5.55. The summed E-state index contributed by atoms with van der Waals surface area (Å²) in [5, 5.41) is 6.26. The van der Waals surface area contributed by atoms with E-state index in [9.17, 15) is 0 Å². The predicted molar refractivity (Wildman–Crippen MR) is 85.9 cm³/mol. The zero-order valence-electron chi connectivity index (χ0n) is 12.5. The van der Waals surface area contributed by atoms with Gasteiger partial charge in [0.25, 0.3) is 0 Å². The van der Waals surface area contributed by atoms with Crippen molar-refractivity contribution in [2.75, 3.05) is 11.9 Å². The van der Waals surface area contributed by atoms with Crippen molar-refractivity contribution >= 4 is 28.9 Å². The molecule has 0 atom stereocenters. The van der Waals surface area contributed by atoms with Gasteiger partial charge in [0.15, 0.2) is 4.34 Å². The second-order valence-corrected chi connectivity index (χ2v) is 7.68. The molecule has 0 radical (unpaired) electrons. The number of thiazole rings is 1. The lowest BCUT2D eigenvalue weighted by molar-refractivity contribution is 0.539. The Hall–Kier alpha value is -1.14. The van der Waals surface area contributed by atoms with Gasteiger partial charge >= 0.3 is 0 Å². The zero-order chi connectivity index (χ0) is 14.8. The van der Waals surface area contributed by atoms with Crippen molar-refractivity contribution in [3.8, 4) is 0 Å². The van der Waals surface area contributed by atoms with Gasteiger partial charge in [-0.05, 0) is 25.6 Å². The van der Waals surface area contributed by atoms with Crippen molar-refractivity contribution in [1.82, 2.24) is 15.0 Å². The van der Waals surface area contributed by atoms with Gasteiger partial charge in [0, 0.05) is 29.1 Å². The molecule has 0 aliphatic rings. The molecule has 2 rings (SSSR count). The van der Waals surface area contributed by atoms with Crippen LogP contribution < -0.4 is 5.32 Å². The molecule has 0 unspecified atom stereocenters. The number of nitrogens with one attached hydrogen (secondary N) is 1. The molecule has 20 heavy (non-hydrogen) atoms. The van der Waals surface area contributed by atoms with Crippen LogP contribution in [0.4, 0.5) is 5.82 Å². The number of aryl methyl sites for hydroxylation is 1. The number of hydrogen-bond acceptors (Lipinski definition) is 6. The average Bonchev–Trinajstić information content (AvgIpc) is 2.74. The van der Waals surface area contributed by atoms with Gasteiger partial charge in [-0.1, -0.05) is 20.8 Å². The van der Waals surface area contributed by atoms with Gasteiger partial charge in [-0.2, -0.15) is 0 Å². The molecule has 0 bridgehead atoms. The number of hydrogen-bond donors (Lipinski definition) is 1. The number of anilines is 1. The molecule has 2 aromatic heterocycles. The van der Waals surface area contributed by atoms with Crippen LogP contribution in [0, 0.1) is 6.92 Å². The van der Waals surface area contributed by atoms with Crippen LogP contribution in [-0.2, 0) is 5.41 Å². The monoisotopic (exact) mass is 308 g/mol. The molecule has 0 amide bonds. The maximum atomic E-state index is 4.67. The van der Waals surface area contributed by atoms with Crippen molar-refractivity contribution in [3.63, 3.8) is 0 Å². The van der Waals surface area contributed by atoms with Crippen molar-refractivity contribution in [2.24, 2.45) is 0 Å². The Morgan fingerprint density at radius 1 is 1.25 bits per heavy atom. The molecule has 0 aliphatic heterocycles. The third-order valence-corrected chi connectivity index (χ3v) is 4.50. The minimum Gasteiger partial charge on any atom is -0.370 e. The third-order valence-electron chi connectivity index (χ3n) is 2.52. The van der Waals surface area contributed by atoms with E-state index in [4.69, 9.17) is 0 Å². The molecule has 0 aliphatic carbocycles. The van der Waals surface area contributed by atoms with Gasteiger partial charge in [-0.25, -0.2) is 15.0 Å². The molecule has 0 fully saturated rings. The summed E-state index contributed by atoms with van der Waals surface area (Å²) in [6.45, 7) is 11.3. The summed E-state index contributed by atoms with van der Waals surface area (Å²) >= 11 is 3.24. The van der Waals surface area contributed by atoms with Gasteiger partial charge in [-0.3, -0.25) is 0 Å². The van der Waals surface area contributed by atoms with Crippen molar-refractivity contribution in [1.29, 1.82) is 0 Å². The summed E-state index contributed by atoms with van der Waals surface area (Å²) in [4.78, 5) is 13.7. The lowest BCUT2D eigenvalue weighted by Gasteiger charge is -2.18. The highest BCUT2D eigenvalue weighted by atomic mass is 32.2. The lowest BCUT2D eigenvalue weighted by atomic mass is 9.96. The second kappa shape index (κ2) is 6.10. The summed E-state index contributed by atoms with van der Waals surface area (Å²) in [7, 11) is 0. The van der Waals surface area contributed by atoms with Crippen LogP contribution in [-0.4, -0.2) is 21.5 Å². The Morgan fingerprint density at radius 2 is 2.00 bits per heavy atom. The summed E-state index contributed by atoms with van der Waals surface area (Å²) in [5.74, 6) is 1.73. The first kappa shape index (κ1) is 15.3. The Morgan fingerprint density at radius 3 is 2.55 bits per heavy atom. The van der Waals surface area contributed by atoms with Crippen LogP contribution >= 0.6 is 23.1 Å². The highest BCUT2D eigenvalue weighted by Crippen LogP contribution is 2.31. The average molecular weight is 308 g/mol. The molecule has 2 heterocycles. The highest BCUT2D eigenvalue weighted by Gasteiger charge is 2.19. The van der Waals surface area contributed by atoms with Crippen LogP contribution in [0.2, 0.25) is 0 Å². The molecule has 108 valence electrons. The largest absolute Gasteiger partial charge is 0.370 e. The van der Waals surface area contributed by atoms with Crippen LogP contribution in [0.3, 0.4) is 0 Å². The third kappa shape index (κ3) is 3.93. The van der Waals surface area contributed by atoms with Crippen molar-refractivity contribution in [2.45, 2.75) is 49.4 Å².